The fraction of sp³-hybridized carbons (Fsp3) is 0.0625. The van der Waals surface area contributed by atoms with Gasteiger partial charge in [0.1, 0.15) is 0 Å². The van der Waals surface area contributed by atoms with Crippen LogP contribution in [0.3, 0.4) is 0 Å². The topological polar surface area (TPSA) is 52.0 Å². The van der Waals surface area contributed by atoms with Gasteiger partial charge in [0.15, 0.2) is 0 Å². The first-order valence-corrected chi connectivity index (χ1v) is 8.13. The van der Waals surface area contributed by atoms with E-state index in [9.17, 15) is 9.59 Å². The third kappa shape index (κ3) is 2.79. The van der Waals surface area contributed by atoms with Crippen molar-refractivity contribution in [3.63, 3.8) is 0 Å². The van der Waals surface area contributed by atoms with Gasteiger partial charge in [0.05, 0.1) is 0 Å². The summed E-state index contributed by atoms with van der Waals surface area (Å²) in [6.07, 6.45) is 0. The van der Waals surface area contributed by atoms with Crippen molar-refractivity contribution in [2.45, 2.75) is 6.92 Å². The second-order valence-electron chi connectivity index (χ2n) is 4.62. The Bertz CT molecular complexity index is 833. The molecule has 2 aromatic carbocycles. The van der Waals surface area contributed by atoms with Gasteiger partial charge in [-0.2, -0.15) is 0 Å². The van der Waals surface area contributed by atoms with Crippen LogP contribution in [0.4, 0.5) is 0 Å². The van der Waals surface area contributed by atoms with E-state index < -0.39 is 14.5 Å². The van der Waals surface area contributed by atoms with Gasteiger partial charge in [0, 0.05) is 0 Å². The first-order valence-electron chi connectivity index (χ1n) is 6.42. The van der Waals surface area contributed by atoms with E-state index in [1.807, 2.05) is 37.3 Å². The Hall–Kier alpha value is -2.23. The molecule has 3 aromatic rings. The number of benzene rings is 2. The van der Waals surface area contributed by atoms with Gasteiger partial charge in [-0.15, -0.1) is 0 Å². The molecule has 0 saturated carbocycles. The van der Waals surface area contributed by atoms with Crippen molar-refractivity contribution >= 4 is 20.3 Å². The molecule has 104 valence electrons. The molecule has 0 aliphatic heterocycles. The summed E-state index contributed by atoms with van der Waals surface area (Å²) in [6, 6.07) is 16.4. The molecule has 0 N–H and O–H groups in total. The van der Waals surface area contributed by atoms with Crippen LogP contribution in [0.2, 0.25) is 0 Å². The average molecular weight is 343 g/mol. The molecule has 5 heteroatoms. The van der Waals surface area contributed by atoms with Crippen molar-refractivity contribution in [1.82, 2.24) is 9.78 Å². The molecule has 0 radical (unpaired) electrons. The number of aryl methyl sites for hydroxylation is 1. The number of ketones is 1. The maximum atomic E-state index is 12.3. The Labute approximate surface area is 127 Å². The molecule has 1 heterocycles. The van der Waals surface area contributed by atoms with E-state index in [0.29, 0.717) is 15.8 Å². The standard InChI is InChI=1S/C16H12N2O2Se/c1-11-7-9-13(10-8-11)18-16(20)21-15(17-18)14(19)12-5-3-2-4-6-12/h2-10H,1H3. The van der Waals surface area contributed by atoms with E-state index in [4.69, 9.17) is 0 Å². The van der Waals surface area contributed by atoms with Crippen molar-refractivity contribution in [2.75, 3.05) is 0 Å². The number of carbonyl (C=O) groups excluding carboxylic acids is 1. The maximum absolute atomic E-state index is 12.3. The Balaban J connectivity index is 2.00. The summed E-state index contributed by atoms with van der Waals surface area (Å²) in [6.45, 7) is 1.98. The summed E-state index contributed by atoms with van der Waals surface area (Å²) in [5.74, 6) is -0.168. The van der Waals surface area contributed by atoms with Gasteiger partial charge in [0.2, 0.25) is 0 Å². The first kappa shape index (κ1) is 13.7. The molecule has 4 nitrogen and oxygen atoms in total. The van der Waals surface area contributed by atoms with E-state index in [0.717, 1.165) is 5.56 Å². The van der Waals surface area contributed by atoms with Crippen LogP contribution in [-0.4, -0.2) is 30.1 Å². The molecule has 1 aromatic heterocycles. The summed E-state index contributed by atoms with van der Waals surface area (Å²) < 4.78 is 1.56. The molecule has 0 atom stereocenters. The number of hydrogen-bond acceptors (Lipinski definition) is 3. The zero-order valence-electron chi connectivity index (χ0n) is 11.3. The van der Waals surface area contributed by atoms with Crippen molar-refractivity contribution in [2.24, 2.45) is 0 Å². The van der Waals surface area contributed by atoms with Crippen LogP contribution in [0.25, 0.3) is 5.69 Å². The predicted octanol–water partition coefficient (Wildman–Crippen LogP) is 1.83. The Morgan fingerprint density at radius 2 is 1.71 bits per heavy atom. The third-order valence-corrected chi connectivity index (χ3v) is 4.75. The van der Waals surface area contributed by atoms with Crippen LogP contribution in [0.1, 0.15) is 20.5 Å². The number of nitrogens with zero attached hydrogens (tertiary/aromatic N) is 2. The van der Waals surface area contributed by atoms with Crippen LogP contribution >= 0.6 is 0 Å². The van der Waals surface area contributed by atoms with Gasteiger partial charge in [-0.3, -0.25) is 0 Å². The van der Waals surface area contributed by atoms with Crippen molar-refractivity contribution in [3.8, 4) is 5.69 Å². The normalized spacial score (nSPS) is 10.5. The van der Waals surface area contributed by atoms with E-state index in [1.165, 1.54) is 4.68 Å². The first-order chi connectivity index (χ1) is 10.1. The second-order valence-corrected chi connectivity index (χ2v) is 6.59. The van der Waals surface area contributed by atoms with E-state index in [2.05, 4.69) is 5.10 Å². The fourth-order valence-electron chi connectivity index (χ4n) is 1.93. The Morgan fingerprint density at radius 1 is 1.05 bits per heavy atom. The fourth-order valence-corrected chi connectivity index (χ4v) is 3.47. The SMILES string of the molecule is Cc1ccc(-n2nc(C(=O)c3ccccc3)[se]c2=O)cc1. The second kappa shape index (κ2) is 5.64. The summed E-state index contributed by atoms with van der Waals surface area (Å²) >= 11 is -0.572. The minimum atomic E-state index is -0.572. The monoisotopic (exact) mass is 344 g/mol. The van der Waals surface area contributed by atoms with Crippen molar-refractivity contribution in [1.29, 1.82) is 0 Å². The van der Waals surface area contributed by atoms with Gasteiger partial charge in [0.25, 0.3) is 0 Å². The van der Waals surface area contributed by atoms with Crippen LogP contribution in [-0.2, 0) is 0 Å². The van der Waals surface area contributed by atoms with E-state index >= 15 is 0 Å². The molecule has 0 fully saturated rings. The number of rotatable bonds is 3. The molecule has 0 aliphatic carbocycles. The van der Waals surface area contributed by atoms with E-state index in [-0.39, 0.29) is 10.2 Å². The summed E-state index contributed by atoms with van der Waals surface area (Å²) in [5.41, 5.74) is 2.38. The van der Waals surface area contributed by atoms with Gasteiger partial charge >= 0.3 is 127 Å². The van der Waals surface area contributed by atoms with Crippen LogP contribution in [0.15, 0.2) is 59.4 Å². The number of aromatic nitrogens is 2. The third-order valence-electron chi connectivity index (χ3n) is 3.06. The van der Waals surface area contributed by atoms with Crippen molar-refractivity contribution < 1.29 is 4.79 Å². The van der Waals surface area contributed by atoms with Crippen LogP contribution in [0.5, 0.6) is 0 Å². The zero-order chi connectivity index (χ0) is 14.8. The Kier molecular flexibility index (Phi) is 3.69. The number of hydrogen-bond donors (Lipinski definition) is 0. The average Bonchev–Trinajstić information content (AvgIpc) is 2.90. The zero-order valence-corrected chi connectivity index (χ0v) is 13.0. The summed E-state index contributed by atoms with van der Waals surface area (Å²) in [5, 5.41) is 4.22. The molecule has 21 heavy (non-hydrogen) atoms. The summed E-state index contributed by atoms with van der Waals surface area (Å²) in [7, 11) is 0. The molecule has 0 aliphatic rings. The van der Waals surface area contributed by atoms with Gasteiger partial charge in [-0.25, -0.2) is 0 Å². The van der Waals surface area contributed by atoms with Gasteiger partial charge in [-0.1, -0.05) is 0 Å². The number of carbonyl (C=O) groups is 1. The van der Waals surface area contributed by atoms with E-state index in [1.54, 1.807) is 24.3 Å². The molecule has 3 rings (SSSR count). The summed E-state index contributed by atoms with van der Waals surface area (Å²) in [4.78, 5) is 24.4. The molecule has 0 bridgehead atoms. The molecule has 0 spiro atoms. The van der Waals surface area contributed by atoms with Crippen LogP contribution < -0.4 is 4.43 Å². The predicted molar refractivity (Wildman–Crippen MR) is 81.4 cm³/mol. The minimum absolute atomic E-state index is 0.120. The molecule has 0 saturated heterocycles. The molecule has 0 amide bonds. The van der Waals surface area contributed by atoms with Gasteiger partial charge < -0.3 is 0 Å². The quantitative estimate of drug-likeness (QED) is 0.539. The van der Waals surface area contributed by atoms with Crippen molar-refractivity contribution in [3.05, 3.63) is 79.5 Å². The van der Waals surface area contributed by atoms with Crippen LogP contribution in [0, 0.1) is 6.92 Å². The molecular weight excluding hydrogens is 331 g/mol. The molecule has 0 unspecified atom stereocenters. The van der Waals surface area contributed by atoms with Gasteiger partial charge in [-0.05, 0) is 0 Å². The Morgan fingerprint density at radius 3 is 2.38 bits per heavy atom. The molecular formula is C16H12N2O2Se.